The van der Waals surface area contributed by atoms with Gasteiger partial charge in [-0.15, -0.1) is 0 Å². The van der Waals surface area contributed by atoms with Crippen LogP contribution < -0.4 is 0 Å². The van der Waals surface area contributed by atoms with E-state index < -0.39 is 0 Å². The molecule has 1 atom stereocenters. The molecule has 1 unspecified atom stereocenters. The van der Waals surface area contributed by atoms with Crippen molar-refractivity contribution in [2.75, 3.05) is 0 Å². The van der Waals surface area contributed by atoms with E-state index in [0.29, 0.717) is 0 Å². The fourth-order valence-electron chi connectivity index (χ4n) is 2.95. The van der Waals surface area contributed by atoms with Gasteiger partial charge in [0.2, 0.25) is 0 Å². The van der Waals surface area contributed by atoms with Crippen LogP contribution in [-0.4, -0.2) is 0 Å². The molecule has 18 heavy (non-hydrogen) atoms. The van der Waals surface area contributed by atoms with E-state index in [9.17, 15) is 0 Å². The molecule has 1 aromatic carbocycles. The highest BCUT2D eigenvalue weighted by atomic mass is 14.3. The van der Waals surface area contributed by atoms with Crippen molar-refractivity contribution in [2.24, 2.45) is 0 Å². The van der Waals surface area contributed by atoms with Crippen molar-refractivity contribution in [3.63, 3.8) is 0 Å². The Morgan fingerprint density at radius 1 is 0.944 bits per heavy atom. The number of hydrogen-bond acceptors (Lipinski definition) is 0. The molecule has 0 radical (unpaired) electrons. The van der Waals surface area contributed by atoms with Crippen molar-refractivity contribution in [2.45, 2.75) is 78.6 Å². The molecule has 2 aliphatic rings. The van der Waals surface area contributed by atoms with Gasteiger partial charge < -0.3 is 0 Å². The van der Waals surface area contributed by atoms with E-state index >= 15 is 0 Å². The van der Waals surface area contributed by atoms with E-state index in [1.807, 2.05) is 27.7 Å². The minimum atomic E-state index is 0.815. The van der Waals surface area contributed by atoms with Crippen LogP contribution in [0.3, 0.4) is 0 Å². The molecule has 0 bridgehead atoms. The van der Waals surface area contributed by atoms with Crippen LogP contribution in [0.15, 0.2) is 18.2 Å². The molecule has 2 aliphatic carbocycles. The third-order valence-corrected chi connectivity index (χ3v) is 3.82. The van der Waals surface area contributed by atoms with Gasteiger partial charge in [0.25, 0.3) is 0 Å². The summed E-state index contributed by atoms with van der Waals surface area (Å²) in [6.45, 7) is 10.4. The Bertz CT molecular complexity index is 347. The molecule has 0 spiro atoms. The lowest BCUT2D eigenvalue weighted by Gasteiger charge is -2.25. The highest BCUT2D eigenvalue weighted by Crippen LogP contribution is 2.46. The highest BCUT2D eigenvalue weighted by molar-refractivity contribution is 5.43. The topological polar surface area (TPSA) is 0 Å². The van der Waals surface area contributed by atoms with Crippen molar-refractivity contribution in [1.82, 2.24) is 0 Å². The molecule has 0 heterocycles. The third-order valence-electron chi connectivity index (χ3n) is 3.82. The lowest BCUT2D eigenvalue weighted by atomic mass is 9.80. The second-order valence-electron chi connectivity index (χ2n) is 4.99. The number of benzene rings is 1. The van der Waals surface area contributed by atoms with Gasteiger partial charge >= 0.3 is 0 Å². The summed E-state index contributed by atoms with van der Waals surface area (Å²) in [5.41, 5.74) is 5.06. The molecule has 1 fully saturated rings. The maximum absolute atomic E-state index is 2.41. The molecule has 1 saturated carbocycles. The predicted octanol–water partition coefficient (Wildman–Crippen LogP) is 6.06. The Morgan fingerprint density at radius 3 is 2.22 bits per heavy atom. The van der Waals surface area contributed by atoms with Gasteiger partial charge in [0.05, 0.1) is 0 Å². The van der Waals surface area contributed by atoms with Crippen LogP contribution in [0.1, 0.15) is 88.8 Å². The zero-order valence-electron chi connectivity index (χ0n) is 12.9. The summed E-state index contributed by atoms with van der Waals surface area (Å²) in [6.07, 6.45) is 6.98. The Balaban J connectivity index is 0.000000371. The van der Waals surface area contributed by atoms with E-state index in [1.165, 1.54) is 32.1 Å². The maximum atomic E-state index is 2.41. The summed E-state index contributed by atoms with van der Waals surface area (Å²) >= 11 is 0. The number of fused-ring (bicyclic) bond motifs is 1. The molecule has 0 aromatic heterocycles. The minimum absolute atomic E-state index is 0.815. The first kappa shape index (κ1) is 15.3. The van der Waals surface area contributed by atoms with Gasteiger partial charge in [-0.25, -0.2) is 0 Å². The lowest BCUT2D eigenvalue weighted by Crippen LogP contribution is -2.09. The molecular weight excluding hydrogens is 216 g/mol. The van der Waals surface area contributed by atoms with E-state index in [2.05, 4.69) is 25.1 Å². The molecule has 1 aromatic rings. The first-order valence-corrected chi connectivity index (χ1v) is 7.98. The minimum Gasteiger partial charge on any atom is -0.0683 e. The van der Waals surface area contributed by atoms with Gasteiger partial charge in [0.15, 0.2) is 0 Å². The SMILES string of the molecule is CC.CC.CC1CCCc2cccc(C3CC3)c21. The van der Waals surface area contributed by atoms with Gasteiger partial charge in [-0.1, -0.05) is 52.8 Å². The molecule has 0 nitrogen and oxygen atoms in total. The van der Waals surface area contributed by atoms with Gasteiger partial charge in [-0.3, -0.25) is 0 Å². The van der Waals surface area contributed by atoms with E-state index in [4.69, 9.17) is 0 Å². The van der Waals surface area contributed by atoms with E-state index in [1.54, 1.807) is 16.7 Å². The highest BCUT2D eigenvalue weighted by Gasteiger charge is 2.29. The molecule has 0 saturated heterocycles. The third kappa shape index (κ3) is 3.37. The summed E-state index contributed by atoms with van der Waals surface area (Å²) in [4.78, 5) is 0. The molecule has 0 N–H and O–H groups in total. The summed E-state index contributed by atoms with van der Waals surface area (Å²) in [5.74, 6) is 1.74. The molecule has 102 valence electrons. The maximum Gasteiger partial charge on any atom is -0.0159 e. The zero-order valence-corrected chi connectivity index (χ0v) is 12.9. The molecule has 3 rings (SSSR count). The first-order chi connectivity index (χ1) is 8.86. The lowest BCUT2D eigenvalue weighted by molar-refractivity contribution is 0.584. The Hall–Kier alpha value is -0.780. The van der Waals surface area contributed by atoms with Crippen molar-refractivity contribution >= 4 is 0 Å². The first-order valence-electron chi connectivity index (χ1n) is 7.98. The summed E-state index contributed by atoms with van der Waals surface area (Å²) in [7, 11) is 0. The standard InChI is InChI=1S/C14H18.2C2H6/c1-10-4-2-5-12-6-3-7-13(14(10)12)11-8-9-11;2*1-2/h3,6-7,10-11H,2,4-5,8-9H2,1H3;2*1-2H3. The number of rotatable bonds is 1. The van der Waals surface area contributed by atoms with Gasteiger partial charge in [-0.05, 0) is 60.6 Å². The second kappa shape index (κ2) is 7.61. The second-order valence-corrected chi connectivity index (χ2v) is 4.99. The normalized spacial score (nSPS) is 20.8. The van der Waals surface area contributed by atoms with Crippen LogP contribution in [0.2, 0.25) is 0 Å². The number of aryl methyl sites for hydroxylation is 1. The Morgan fingerprint density at radius 2 is 1.61 bits per heavy atom. The largest absolute Gasteiger partial charge is 0.0683 e. The van der Waals surface area contributed by atoms with Crippen LogP contribution >= 0.6 is 0 Å². The van der Waals surface area contributed by atoms with E-state index in [-0.39, 0.29) is 0 Å². The van der Waals surface area contributed by atoms with Gasteiger partial charge in [0.1, 0.15) is 0 Å². The quantitative estimate of drug-likeness (QED) is 0.565. The Kier molecular flexibility index (Phi) is 6.46. The Labute approximate surface area is 114 Å². The van der Waals surface area contributed by atoms with Crippen LogP contribution in [-0.2, 0) is 6.42 Å². The fourth-order valence-corrected chi connectivity index (χ4v) is 2.95. The van der Waals surface area contributed by atoms with Crippen LogP contribution in [0.4, 0.5) is 0 Å². The van der Waals surface area contributed by atoms with Crippen molar-refractivity contribution < 1.29 is 0 Å². The fraction of sp³-hybridized carbons (Fsp3) is 0.667. The van der Waals surface area contributed by atoms with Gasteiger partial charge in [-0.2, -0.15) is 0 Å². The summed E-state index contributed by atoms with van der Waals surface area (Å²) in [6, 6.07) is 6.99. The number of hydrogen-bond donors (Lipinski definition) is 0. The van der Waals surface area contributed by atoms with E-state index in [0.717, 1.165) is 11.8 Å². The monoisotopic (exact) mass is 246 g/mol. The average Bonchev–Trinajstić information content (AvgIpc) is 3.27. The van der Waals surface area contributed by atoms with Crippen molar-refractivity contribution in [3.8, 4) is 0 Å². The van der Waals surface area contributed by atoms with Gasteiger partial charge in [0, 0.05) is 0 Å². The molecule has 0 amide bonds. The van der Waals surface area contributed by atoms with Crippen LogP contribution in [0.25, 0.3) is 0 Å². The predicted molar refractivity (Wildman–Crippen MR) is 82.5 cm³/mol. The average molecular weight is 246 g/mol. The van der Waals surface area contributed by atoms with Crippen LogP contribution in [0.5, 0.6) is 0 Å². The zero-order chi connectivity index (χ0) is 13.5. The van der Waals surface area contributed by atoms with Crippen molar-refractivity contribution in [1.29, 1.82) is 0 Å². The molecule has 0 heteroatoms. The smallest absolute Gasteiger partial charge is 0.0159 e. The molecular formula is C18H30. The van der Waals surface area contributed by atoms with Crippen molar-refractivity contribution in [3.05, 3.63) is 34.9 Å². The summed E-state index contributed by atoms with van der Waals surface area (Å²) < 4.78 is 0. The van der Waals surface area contributed by atoms with Crippen LogP contribution in [0, 0.1) is 0 Å². The summed E-state index contributed by atoms with van der Waals surface area (Å²) in [5, 5.41) is 0. The molecule has 0 aliphatic heterocycles.